The van der Waals surface area contributed by atoms with E-state index in [2.05, 4.69) is 43.2 Å². The number of ether oxygens (including phenoxy) is 1. The van der Waals surface area contributed by atoms with Crippen LogP contribution in [0.3, 0.4) is 0 Å². The molecular weight excluding hydrogens is 464 g/mol. The fourth-order valence-electron chi connectivity index (χ4n) is 3.54. The van der Waals surface area contributed by atoms with Gasteiger partial charge >= 0.3 is 5.97 Å². The van der Waals surface area contributed by atoms with Crippen LogP contribution in [0.25, 0.3) is 12.2 Å². The van der Waals surface area contributed by atoms with E-state index in [1.165, 1.54) is 5.56 Å². The molecule has 3 rings (SSSR count). The summed E-state index contributed by atoms with van der Waals surface area (Å²) in [6.45, 7) is 10.2. The summed E-state index contributed by atoms with van der Waals surface area (Å²) in [5.74, 6) is -0.314. The Labute approximate surface area is 219 Å². The van der Waals surface area contributed by atoms with Crippen LogP contribution in [-0.4, -0.2) is 22.0 Å². The zero-order chi connectivity index (χ0) is 27.1. The van der Waals surface area contributed by atoms with E-state index in [4.69, 9.17) is 4.74 Å². The minimum absolute atomic E-state index is 0.102. The highest BCUT2D eigenvalue weighted by molar-refractivity contribution is 5.91. The summed E-state index contributed by atoms with van der Waals surface area (Å²) in [6.07, 6.45) is 4.25. The maximum atomic E-state index is 12.3. The second kappa shape index (κ2) is 11.9. The number of carboxylic acids is 1. The maximum absolute atomic E-state index is 12.3. The normalized spacial score (nSPS) is 11.9. The van der Waals surface area contributed by atoms with Gasteiger partial charge in [-0.15, -0.1) is 0 Å². The van der Waals surface area contributed by atoms with Crippen molar-refractivity contribution in [1.82, 2.24) is 4.98 Å². The number of hydrogen-bond acceptors (Lipinski definition) is 4. The summed E-state index contributed by atoms with van der Waals surface area (Å²) in [5.41, 5.74) is 3.62. The Hall–Kier alpha value is -3.93. The molecule has 1 aromatic heterocycles. The smallest absolute Gasteiger partial charge is 0.309 e. The number of benzene rings is 2. The highest BCUT2D eigenvalue weighted by Crippen LogP contribution is 2.25. The molecule has 0 fully saturated rings. The van der Waals surface area contributed by atoms with Crippen LogP contribution in [0.5, 0.6) is 5.75 Å². The lowest BCUT2D eigenvalue weighted by Crippen LogP contribution is -2.25. The molecule has 6 heteroatoms. The van der Waals surface area contributed by atoms with Crippen LogP contribution in [0.1, 0.15) is 70.0 Å². The van der Waals surface area contributed by atoms with Crippen LogP contribution >= 0.6 is 0 Å². The number of nitrogens with one attached hydrogen (secondary N) is 1. The van der Waals surface area contributed by atoms with E-state index in [-0.39, 0.29) is 24.2 Å². The summed E-state index contributed by atoms with van der Waals surface area (Å²) in [7, 11) is 0. The molecule has 0 unspecified atom stereocenters. The number of hydrogen-bond donors (Lipinski definition) is 2. The molecule has 0 aliphatic carbocycles. The van der Waals surface area contributed by atoms with Crippen LogP contribution in [0, 0.1) is 5.41 Å². The lowest BCUT2D eigenvalue weighted by atomic mass is 9.87. The molecule has 194 valence electrons. The van der Waals surface area contributed by atoms with Crippen molar-refractivity contribution in [2.75, 3.05) is 5.32 Å². The topological polar surface area (TPSA) is 88.5 Å². The van der Waals surface area contributed by atoms with Crippen molar-refractivity contribution in [2.45, 2.75) is 59.5 Å². The predicted octanol–water partition coefficient (Wildman–Crippen LogP) is 6.96. The predicted molar refractivity (Wildman–Crippen MR) is 148 cm³/mol. The monoisotopic (exact) mass is 500 g/mol. The molecule has 2 N–H and O–H groups in total. The van der Waals surface area contributed by atoms with E-state index in [9.17, 15) is 14.7 Å². The summed E-state index contributed by atoms with van der Waals surface area (Å²) in [6, 6.07) is 21.4. The van der Waals surface area contributed by atoms with Crippen molar-refractivity contribution < 1.29 is 19.4 Å². The Kier molecular flexibility index (Phi) is 8.87. The van der Waals surface area contributed by atoms with Gasteiger partial charge < -0.3 is 15.2 Å². The van der Waals surface area contributed by atoms with Gasteiger partial charge in [0.25, 0.3) is 0 Å². The van der Waals surface area contributed by atoms with Gasteiger partial charge in [-0.05, 0) is 79.3 Å². The van der Waals surface area contributed by atoms with E-state index >= 15 is 0 Å². The Balaban J connectivity index is 1.57. The molecule has 6 nitrogen and oxygen atoms in total. The van der Waals surface area contributed by atoms with Gasteiger partial charge in [0.1, 0.15) is 12.4 Å². The van der Waals surface area contributed by atoms with E-state index in [0.29, 0.717) is 12.3 Å². The van der Waals surface area contributed by atoms with Crippen molar-refractivity contribution in [3.8, 4) is 5.75 Å². The summed E-state index contributed by atoms with van der Waals surface area (Å²) < 4.78 is 5.92. The van der Waals surface area contributed by atoms with Gasteiger partial charge in [0.2, 0.25) is 5.91 Å². The first-order valence-corrected chi connectivity index (χ1v) is 12.4. The van der Waals surface area contributed by atoms with Crippen LogP contribution in [0.4, 0.5) is 5.69 Å². The number of anilines is 1. The average Bonchev–Trinajstić information content (AvgIpc) is 2.85. The first kappa shape index (κ1) is 27.7. The van der Waals surface area contributed by atoms with Gasteiger partial charge in [-0.1, -0.05) is 57.2 Å². The standard InChI is InChI=1S/C31H36N2O4/c1-30(2,3)23-13-16-27(17-14-23)37-21-26-11-7-9-24(32-26)15-12-22-8-6-10-25(20-22)33-28(34)18-19-31(4,5)29(35)36/h6-17,20H,18-19,21H2,1-5H3,(H,33,34)(H,35,36)/b15-12+. The number of carboxylic acid groups (broad SMARTS) is 1. The molecule has 0 aliphatic rings. The quantitative estimate of drug-likeness (QED) is 0.314. The summed E-state index contributed by atoms with van der Waals surface area (Å²) in [4.78, 5) is 28.2. The SMILES string of the molecule is CC(C)(CCC(=O)Nc1cccc(/C=C/c2cccc(COc3ccc(C(C)(C)C)cc3)n2)c1)C(=O)O. The number of carbonyl (C=O) groups is 2. The van der Waals surface area contributed by atoms with Crippen molar-refractivity contribution in [1.29, 1.82) is 0 Å². The first-order chi connectivity index (χ1) is 17.4. The first-order valence-electron chi connectivity index (χ1n) is 12.4. The van der Waals surface area contributed by atoms with Crippen LogP contribution < -0.4 is 10.1 Å². The van der Waals surface area contributed by atoms with E-state index in [1.807, 2.05) is 66.7 Å². The molecule has 1 heterocycles. The molecule has 1 amide bonds. The molecule has 0 atom stereocenters. The van der Waals surface area contributed by atoms with Gasteiger partial charge in [-0.2, -0.15) is 0 Å². The van der Waals surface area contributed by atoms with E-state index in [0.717, 1.165) is 22.7 Å². The molecule has 0 bridgehead atoms. The van der Waals surface area contributed by atoms with E-state index in [1.54, 1.807) is 13.8 Å². The van der Waals surface area contributed by atoms with Gasteiger partial charge in [0, 0.05) is 12.1 Å². The summed E-state index contributed by atoms with van der Waals surface area (Å²) >= 11 is 0. The molecule has 3 aromatic rings. The highest BCUT2D eigenvalue weighted by Gasteiger charge is 2.27. The third-order valence-corrected chi connectivity index (χ3v) is 6.11. The molecule has 0 spiro atoms. The Morgan fingerprint density at radius 3 is 2.32 bits per heavy atom. The number of rotatable bonds is 10. The molecular formula is C31H36N2O4. The third kappa shape index (κ3) is 8.60. The number of pyridine rings is 1. The van der Waals surface area contributed by atoms with Crippen molar-refractivity contribution in [3.05, 3.63) is 89.2 Å². The average molecular weight is 501 g/mol. The minimum atomic E-state index is -0.939. The maximum Gasteiger partial charge on any atom is 0.309 e. The molecule has 0 aliphatic heterocycles. The molecule has 0 saturated carbocycles. The molecule has 2 aromatic carbocycles. The number of carbonyl (C=O) groups excluding carboxylic acids is 1. The number of aromatic nitrogens is 1. The Morgan fingerprint density at radius 1 is 0.946 bits per heavy atom. The molecule has 0 saturated heterocycles. The minimum Gasteiger partial charge on any atom is -0.487 e. The fraction of sp³-hybridized carbons (Fsp3) is 0.323. The Bertz CT molecular complexity index is 1250. The van der Waals surface area contributed by atoms with Crippen molar-refractivity contribution >= 4 is 29.7 Å². The largest absolute Gasteiger partial charge is 0.487 e. The van der Waals surface area contributed by atoms with Gasteiger partial charge in [0.05, 0.1) is 16.8 Å². The van der Waals surface area contributed by atoms with Crippen LogP contribution in [-0.2, 0) is 21.6 Å². The second-order valence-electron chi connectivity index (χ2n) is 10.8. The zero-order valence-electron chi connectivity index (χ0n) is 22.2. The van der Waals surface area contributed by atoms with Crippen molar-refractivity contribution in [2.24, 2.45) is 5.41 Å². The third-order valence-electron chi connectivity index (χ3n) is 6.11. The number of aliphatic carboxylic acids is 1. The molecule has 0 radical (unpaired) electrons. The van der Waals surface area contributed by atoms with E-state index < -0.39 is 11.4 Å². The number of amides is 1. The fourth-order valence-corrected chi connectivity index (χ4v) is 3.54. The van der Waals surface area contributed by atoms with Crippen molar-refractivity contribution in [3.63, 3.8) is 0 Å². The highest BCUT2D eigenvalue weighted by atomic mass is 16.5. The number of nitrogens with zero attached hydrogens (tertiary/aromatic N) is 1. The second-order valence-corrected chi connectivity index (χ2v) is 10.8. The van der Waals surface area contributed by atoms with Crippen LogP contribution in [0.2, 0.25) is 0 Å². The summed E-state index contributed by atoms with van der Waals surface area (Å²) in [5, 5.41) is 12.1. The van der Waals surface area contributed by atoms with Gasteiger partial charge in [0.15, 0.2) is 0 Å². The van der Waals surface area contributed by atoms with Gasteiger partial charge in [-0.25, -0.2) is 4.98 Å². The lowest BCUT2D eigenvalue weighted by Gasteiger charge is -2.19. The van der Waals surface area contributed by atoms with Crippen LogP contribution in [0.15, 0.2) is 66.7 Å². The Morgan fingerprint density at radius 2 is 1.65 bits per heavy atom. The zero-order valence-corrected chi connectivity index (χ0v) is 22.2. The lowest BCUT2D eigenvalue weighted by molar-refractivity contribution is -0.147. The van der Waals surface area contributed by atoms with Gasteiger partial charge in [-0.3, -0.25) is 9.59 Å². The molecule has 37 heavy (non-hydrogen) atoms.